The summed E-state index contributed by atoms with van der Waals surface area (Å²) in [4.78, 5) is 4.97. The summed E-state index contributed by atoms with van der Waals surface area (Å²) >= 11 is 0. The smallest absolute Gasteiger partial charge is 0.509 e. The molecule has 9 rings (SSSR count). The molecule has 9 aromatic rings. The van der Waals surface area contributed by atoms with E-state index in [0.29, 0.717) is 11.5 Å². The third-order valence-corrected chi connectivity index (χ3v) is 12.5. The van der Waals surface area contributed by atoms with Crippen LogP contribution in [-0.2, 0) is 42.7 Å². The van der Waals surface area contributed by atoms with E-state index >= 15 is 0 Å². The van der Waals surface area contributed by atoms with E-state index in [1.165, 1.54) is 33.4 Å². The molecule has 0 aliphatic heterocycles. The molecule has 5 nitrogen and oxygen atoms in total. The first-order valence-corrected chi connectivity index (χ1v) is 22.8. The van der Waals surface area contributed by atoms with E-state index in [4.69, 9.17) is 14.8 Å². The normalized spacial score (nSPS) is 12.4. The molecule has 0 saturated heterocycles. The van der Waals surface area contributed by atoms with Crippen LogP contribution in [0.1, 0.15) is 105 Å². The third-order valence-electron chi connectivity index (χ3n) is 12.5. The zero-order valence-corrected chi connectivity index (χ0v) is 42.6. The average molecular weight is 1050 g/mol. The Bertz CT molecular complexity index is 3180. The van der Waals surface area contributed by atoms with Crippen LogP contribution < -0.4 is 4.74 Å². The Morgan fingerprint density at radius 2 is 1.12 bits per heavy atom. The van der Waals surface area contributed by atoms with Gasteiger partial charge >= 0.3 is 21.1 Å². The van der Waals surface area contributed by atoms with Gasteiger partial charge < -0.3 is 9.30 Å². The predicted octanol–water partition coefficient (Wildman–Crippen LogP) is 15.9. The topological polar surface area (TPSA) is 44.9 Å². The van der Waals surface area contributed by atoms with Crippen molar-refractivity contribution in [3.63, 3.8) is 0 Å². The summed E-state index contributed by atoms with van der Waals surface area (Å²) in [6.45, 7) is 27.5. The average Bonchev–Trinajstić information content (AvgIpc) is 3.88. The first-order valence-electron chi connectivity index (χ1n) is 22.8. The van der Waals surface area contributed by atoms with Crippen LogP contribution in [0, 0.1) is 12.1 Å². The summed E-state index contributed by atoms with van der Waals surface area (Å²) in [6.07, 6.45) is 6.07. The van der Waals surface area contributed by atoms with Crippen molar-refractivity contribution in [2.24, 2.45) is 0 Å². The number of pyridine rings is 1. The zero-order valence-electron chi connectivity index (χ0n) is 40.4. The zero-order chi connectivity index (χ0) is 46.1. The quantitative estimate of drug-likeness (QED) is 0.149. The first kappa shape index (κ1) is 46.5. The number of ether oxygens (including phenoxy) is 1. The standard InChI is InChI=1S/C60H60N4O.Pt/c1-57(2,3)42-31-44(63-38-41(37-62-63)56-51(59(7,8)9)33-43(58(4,5)6)34-52(56)60(10,11)12)35-46(32-42)65-45-26-27-50-49-24-18-19-25-53(49)64(54(50)36-45)55-30-40(28-29-61-55)48-23-17-16-22-47(48)39-20-14-13-15-21-39;/h13-34,37-38H,1-12H3;/q-2;+2. The fourth-order valence-electron chi connectivity index (χ4n) is 8.90. The van der Waals surface area contributed by atoms with Gasteiger partial charge in [-0.05, 0) is 95.4 Å². The van der Waals surface area contributed by atoms with Crippen molar-refractivity contribution in [1.29, 1.82) is 0 Å². The Hall–Kier alpha value is -6.03. The molecule has 3 heterocycles. The van der Waals surface area contributed by atoms with Crippen molar-refractivity contribution in [3.05, 3.63) is 180 Å². The van der Waals surface area contributed by atoms with Gasteiger partial charge in [0, 0.05) is 35.0 Å². The molecule has 0 spiro atoms. The van der Waals surface area contributed by atoms with Crippen molar-refractivity contribution in [2.45, 2.75) is 105 Å². The van der Waals surface area contributed by atoms with Crippen LogP contribution in [0.25, 0.3) is 66.7 Å². The molecule has 0 aliphatic carbocycles. The summed E-state index contributed by atoms with van der Waals surface area (Å²) < 4.78 is 11.0. The minimum atomic E-state index is -0.171. The Labute approximate surface area is 406 Å². The van der Waals surface area contributed by atoms with Crippen molar-refractivity contribution >= 4 is 21.8 Å². The molecule has 3 aromatic heterocycles. The number of benzene rings is 6. The molecule has 6 aromatic carbocycles. The number of para-hydroxylation sites is 1. The van der Waals surface area contributed by atoms with Crippen LogP contribution in [0.3, 0.4) is 0 Å². The molecule has 336 valence electrons. The summed E-state index contributed by atoms with van der Waals surface area (Å²) in [5.74, 6) is 1.99. The Balaban J connectivity index is 0.00000592. The maximum Gasteiger partial charge on any atom is 2.00 e. The molecule has 0 unspecified atom stereocenters. The number of nitrogens with zero attached hydrogens (tertiary/aromatic N) is 4. The van der Waals surface area contributed by atoms with Gasteiger partial charge in [-0.25, -0.2) is 4.98 Å². The third kappa shape index (κ3) is 9.08. The number of hydrogen-bond acceptors (Lipinski definition) is 3. The Kier molecular flexibility index (Phi) is 12.2. The first-order chi connectivity index (χ1) is 30.7. The molecule has 0 fully saturated rings. The van der Waals surface area contributed by atoms with Crippen molar-refractivity contribution < 1.29 is 25.8 Å². The molecule has 0 N–H and O–H groups in total. The number of hydrogen-bond donors (Lipinski definition) is 0. The molecule has 0 aliphatic rings. The molecule has 66 heavy (non-hydrogen) atoms. The predicted molar refractivity (Wildman–Crippen MR) is 271 cm³/mol. The van der Waals surface area contributed by atoms with E-state index in [-0.39, 0.29) is 42.7 Å². The Morgan fingerprint density at radius 3 is 1.77 bits per heavy atom. The van der Waals surface area contributed by atoms with Crippen LogP contribution in [0.4, 0.5) is 0 Å². The molecular formula is C60H60N4OPt. The van der Waals surface area contributed by atoms with Gasteiger partial charge in [0.1, 0.15) is 5.82 Å². The summed E-state index contributed by atoms with van der Waals surface area (Å²) in [5, 5.41) is 7.22. The van der Waals surface area contributed by atoms with E-state index in [0.717, 1.165) is 55.6 Å². The summed E-state index contributed by atoms with van der Waals surface area (Å²) in [6, 6.07) is 52.4. The van der Waals surface area contributed by atoms with Crippen LogP contribution in [0.5, 0.6) is 11.5 Å². The molecule has 0 atom stereocenters. The fraction of sp³-hybridized carbons (Fsp3) is 0.267. The van der Waals surface area contributed by atoms with Gasteiger partial charge in [0.25, 0.3) is 0 Å². The second-order valence-electron chi connectivity index (χ2n) is 21.6. The van der Waals surface area contributed by atoms with Crippen molar-refractivity contribution in [1.82, 2.24) is 19.3 Å². The minimum absolute atomic E-state index is 0. The minimum Gasteiger partial charge on any atom is -0.509 e. The van der Waals surface area contributed by atoms with Crippen LogP contribution in [0.15, 0.2) is 146 Å². The number of aromatic nitrogens is 4. The maximum atomic E-state index is 6.81. The van der Waals surface area contributed by atoms with Crippen LogP contribution in [0.2, 0.25) is 0 Å². The molecule has 0 saturated carbocycles. The number of rotatable bonds is 7. The van der Waals surface area contributed by atoms with Crippen molar-refractivity contribution in [2.75, 3.05) is 0 Å². The largest absolute Gasteiger partial charge is 2.00 e. The number of fused-ring (bicyclic) bond motifs is 3. The second-order valence-corrected chi connectivity index (χ2v) is 21.6. The SMILES string of the molecule is CC(C)(C)c1cc(Oc2[c-]c3c(cc2)c2ccccc2n3-c2cc(-c3ccccc3-c3ccccc3)ccn2)[c-]c(-n2cc(-c3c(C(C)(C)C)cc(C(C)(C)C)cc3C(C)(C)C)cn2)c1.[Pt+2]. The van der Waals surface area contributed by atoms with Gasteiger partial charge in [-0.15, -0.1) is 41.3 Å². The molecule has 0 bridgehead atoms. The van der Waals surface area contributed by atoms with E-state index in [1.54, 1.807) is 0 Å². The van der Waals surface area contributed by atoms with E-state index < -0.39 is 0 Å². The Morgan fingerprint density at radius 1 is 0.515 bits per heavy atom. The van der Waals surface area contributed by atoms with Gasteiger partial charge in [0.15, 0.2) is 0 Å². The second kappa shape index (κ2) is 17.3. The molecule has 6 heteroatoms. The molecular weight excluding hydrogens is 988 g/mol. The van der Waals surface area contributed by atoms with Gasteiger partial charge in [-0.3, -0.25) is 4.68 Å². The molecule has 0 radical (unpaired) electrons. The van der Waals surface area contributed by atoms with Crippen LogP contribution in [-0.4, -0.2) is 19.3 Å². The molecule has 0 amide bonds. The van der Waals surface area contributed by atoms with E-state index in [9.17, 15) is 0 Å². The van der Waals surface area contributed by atoms with Gasteiger partial charge in [-0.1, -0.05) is 174 Å². The summed E-state index contributed by atoms with van der Waals surface area (Å²) in [5.41, 5.74) is 14.4. The van der Waals surface area contributed by atoms with Gasteiger partial charge in [0.05, 0.1) is 6.20 Å². The summed E-state index contributed by atoms with van der Waals surface area (Å²) in [7, 11) is 0. The van der Waals surface area contributed by atoms with Gasteiger partial charge in [-0.2, -0.15) is 11.2 Å². The monoisotopic (exact) mass is 1050 g/mol. The van der Waals surface area contributed by atoms with E-state index in [2.05, 4.69) is 227 Å². The van der Waals surface area contributed by atoms with Crippen molar-refractivity contribution in [3.8, 4) is 56.4 Å². The van der Waals surface area contributed by atoms with Crippen LogP contribution >= 0.6 is 0 Å². The maximum absolute atomic E-state index is 6.81. The van der Waals surface area contributed by atoms with E-state index in [1.807, 2.05) is 23.1 Å². The van der Waals surface area contributed by atoms with Gasteiger partial charge in [0.2, 0.25) is 0 Å². The fourth-order valence-corrected chi connectivity index (χ4v) is 8.90.